The molecule has 0 aliphatic rings. The van der Waals surface area contributed by atoms with Crippen molar-refractivity contribution in [3.8, 4) is 11.5 Å². The fourth-order valence-corrected chi connectivity index (χ4v) is 2.86. The molecule has 0 radical (unpaired) electrons. The van der Waals surface area contributed by atoms with Crippen LogP contribution in [0.4, 0.5) is 0 Å². The van der Waals surface area contributed by atoms with E-state index in [1.54, 1.807) is 0 Å². The number of rotatable bonds is 4. The second-order valence-corrected chi connectivity index (χ2v) is 5.75. The van der Waals surface area contributed by atoms with Crippen molar-refractivity contribution in [1.29, 1.82) is 0 Å². The lowest BCUT2D eigenvalue weighted by Crippen LogP contribution is -2.04. The summed E-state index contributed by atoms with van der Waals surface area (Å²) < 4.78 is 16.1. The summed E-state index contributed by atoms with van der Waals surface area (Å²) in [7, 11) is 0. The van der Waals surface area contributed by atoms with Gasteiger partial charge in [-0.3, -0.25) is 0 Å². The summed E-state index contributed by atoms with van der Waals surface area (Å²) in [6, 6.07) is 3.70. The van der Waals surface area contributed by atoms with E-state index in [0.717, 1.165) is 16.9 Å². The molecular weight excluding hydrogens is 304 g/mol. The molecule has 0 aliphatic heterocycles. The minimum atomic E-state index is -0.386. The number of aromatic nitrogens is 2. The Labute approximate surface area is 130 Å². The molecular formula is C15H14N2O4S. The van der Waals surface area contributed by atoms with Gasteiger partial charge < -0.3 is 13.6 Å². The molecule has 0 unspecified atom stereocenters. The molecule has 6 nitrogen and oxygen atoms in total. The zero-order valence-electron chi connectivity index (χ0n) is 12.4. The molecule has 0 N–H and O–H groups in total. The van der Waals surface area contributed by atoms with Gasteiger partial charge >= 0.3 is 5.97 Å². The molecule has 3 heterocycles. The Hall–Kier alpha value is -2.41. The monoisotopic (exact) mass is 318 g/mol. The third-order valence-electron chi connectivity index (χ3n) is 3.11. The van der Waals surface area contributed by atoms with Crippen LogP contribution < -0.4 is 0 Å². The summed E-state index contributed by atoms with van der Waals surface area (Å²) in [5, 5.41) is 9.69. The Balaban J connectivity index is 1.69. The van der Waals surface area contributed by atoms with Crippen molar-refractivity contribution in [2.24, 2.45) is 0 Å². The van der Waals surface area contributed by atoms with E-state index >= 15 is 0 Å². The topological polar surface area (TPSA) is 78.4 Å². The average Bonchev–Trinajstić information content (AvgIpc) is 3.16. The van der Waals surface area contributed by atoms with Gasteiger partial charge in [-0.25, -0.2) is 4.79 Å². The molecule has 3 rings (SSSR count). The van der Waals surface area contributed by atoms with Crippen molar-refractivity contribution in [3.05, 3.63) is 45.4 Å². The lowest BCUT2D eigenvalue weighted by Gasteiger charge is -2.00. The van der Waals surface area contributed by atoms with Crippen molar-refractivity contribution >= 4 is 17.3 Å². The van der Waals surface area contributed by atoms with Gasteiger partial charge in [0, 0.05) is 0 Å². The highest BCUT2D eigenvalue weighted by atomic mass is 32.1. The lowest BCUT2D eigenvalue weighted by molar-refractivity contribution is 0.0443. The van der Waals surface area contributed by atoms with Gasteiger partial charge in [0.1, 0.15) is 16.4 Å². The zero-order valence-corrected chi connectivity index (χ0v) is 13.2. The predicted molar refractivity (Wildman–Crippen MR) is 79.6 cm³/mol. The van der Waals surface area contributed by atoms with Gasteiger partial charge in [-0.2, -0.15) is 0 Å². The van der Waals surface area contributed by atoms with E-state index in [-0.39, 0.29) is 18.5 Å². The van der Waals surface area contributed by atoms with Gasteiger partial charge in [0.25, 0.3) is 11.8 Å². The first kappa shape index (κ1) is 14.5. The molecule has 0 saturated heterocycles. The van der Waals surface area contributed by atoms with E-state index < -0.39 is 0 Å². The third kappa shape index (κ3) is 2.80. The van der Waals surface area contributed by atoms with E-state index in [2.05, 4.69) is 10.2 Å². The van der Waals surface area contributed by atoms with Crippen molar-refractivity contribution < 1.29 is 18.4 Å². The second-order valence-electron chi connectivity index (χ2n) is 4.84. The van der Waals surface area contributed by atoms with E-state index in [1.165, 1.54) is 11.3 Å². The van der Waals surface area contributed by atoms with Crippen LogP contribution in [0.5, 0.6) is 0 Å². The van der Waals surface area contributed by atoms with Crippen LogP contribution >= 0.6 is 11.3 Å². The van der Waals surface area contributed by atoms with Crippen LogP contribution in [0.2, 0.25) is 0 Å². The number of aryl methyl sites for hydroxylation is 3. The van der Waals surface area contributed by atoms with Crippen LogP contribution in [0.25, 0.3) is 11.5 Å². The SMILES string of the molecule is Cc1cc(-c2nnc(COC(=O)c3sccc3C)o2)c(C)o1. The molecule has 0 saturated carbocycles. The minimum absolute atomic E-state index is 0.0565. The fourth-order valence-electron chi connectivity index (χ4n) is 2.04. The Bertz CT molecular complexity index is 815. The number of esters is 1. The zero-order chi connectivity index (χ0) is 15.7. The molecule has 0 atom stereocenters. The first-order chi connectivity index (χ1) is 10.5. The van der Waals surface area contributed by atoms with Gasteiger partial charge in [0.05, 0.1) is 5.56 Å². The first-order valence-electron chi connectivity index (χ1n) is 6.65. The molecule has 22 heavy (non-hydrogen) atoms. The summed E-state index contributed by atoms with van der Waals surface area (Å²) in [5.74, 6) is 1.69. The van der Waals surface area contributed by atoms with Crippen LogP contribution in [-0.2, 0) is 11.3 Å². The van der Waals surface area contributed by atoms with Gasteiger partial charge in [-0.15, -0.1) is 21.5 Å². The van der Waals surface area contributed by atoms with Gasteiger partial charge in [-0.05, 0) is 43.8 Å². The minimum Gasteiger partial charge on any atom is -0.466 e. The Morgan fingerprint density at radius 2 is 2.09 bits per heavy atom. The molecule has 0 spiro atoms. The highest BCUT2D eigenvalue weighted by molar-refractivity contribution is 7.12. The van der Waals surface area contributed by atoms with Gasteiger partial charge in [0.15, 0.2) is 6.61 Å². The predicted octanol–water partition coefficient (Wildman–Crippen LogP) is 3.67. The highest BCUT2D eigenvalue weighted by Crippen LogP contribution is 2.25. The number of nitrogens with zero attached hydrogens (tertiary/aromatic N) is 2. The Morgan fingerprint density at radius 1 is 1.27 bits per heavy atom. The molecule has 0 aliphatic carbocycles. The molecule has 3 aromatic heterocycles. The molecule has 7 heteroatoms. The maximum Gasteiger partial charge on any atom is 0.349 e. The smallest absolute Gasteiger partial charge is 0.349 e. The molecule has 114 valence electrons. The maximum atomic E-state index is 11.9. The van der Waals surface area contributed by atoms with Crippen LogP contribution in [0, 0.1) is 20.8 Å². The van der Waals surface area contributed by atoms with Gasteiger partial charge in [-0.1, -0.05) is 0 Å². The van der Waals surface area contributed by atoms with E-state index in [9.17, 15) is 4.79 Å². The number of carbonyl (C=O) groups excluding carboxylic acids is 1. The molecule has 0 aromatic carbocycles. The van der Waals surface area contributed by atoms with Crippen LogP contribution in [0.3, 0.4) is 0 Å². The van der Waals surface area contributed by atoms with Crippen LogP contribution in [0.15, 0.2) is 26.3 Å². The number of hydrogen-bond acceptors (Lipinski definition) is 7. The Kier molecular flexibility index (Phi) is 3.81. The molecule has 0 amide bonds. The third-order valence-corrected chi connectivity index (χ3v) is 4.11. The largest absolute Gasteiger partial charge is 0.466 e. The molecule has 3 aromatic rings. The summed E-state index contributed by atoms with van der Waals surface area (Å²) in [6.07, 6.45) is 0. The maximum absolute atomic E-state index is 11.9. The summed E-state index contributed by atoms with van der Waals surface area (Å²) in [4.78, 5) is 12.5. The molecule has 0 bridgehead atoms. The number of furan rings is 1. The first-order valence-corrected chi connectivity index (χ1v) is 7.53. The number of ether oxygens (including phenoxy) is 1. The highest BCUT2D eigenvalue weighted by Gasteiger charge is 2.17. The number of thiophene rings is 1. The summed E-state index contributed by atoms with van der Waals surface area (Å²) >= 11 is 1.35. The van der Waals surface area contributed by atoms with Crippen molar-refractivity contribution in [3.63, 3.8) is 0 Å². The van der Waals surface area contributed by atoms with E-state index in [0.29, 0.717) is 16.5 Å². The second kappa shape index (κ2) is 5.76. The number of hydrogen-bond donors (Lipinski definition) is 0. The van der Waals surface area contributed by atoms with E-state index in [4.69, 9.17) is 13.6 Å². The van der Waals surface area contributed by atoms with E-state index in [1.807, 2.05) is 38.3 Å². The average molecular weight is 318 g/mol. The Morgan fingerprint density at radius 3 is 2.73 bits per heavy atom. The lowest BCUT2D eigenvalue weighted by atomic mass is 10.2. The number of carbonyl (C=O) groups is 1. The van der Waals surface area contributed by atoms with Crippen molar-refractivity contribution in [2.45, 2.75) is 27.4 Å². The fraction of sp³-hybridized carbons (Fsp3) is 0.267. The van der Waals surface area contributed by atoms with Gasteiger partial charge in [0.2, 0.25) is 0 Å². The standard InChI is InChI=1S/C15H14N2O4S/c1-8-4-5-22-13(8)15(18)19-7-12-16-17-14(21-12)11-6-9(2)20-10(11)3/h4-6H,7H2,1-3H3. The summed E-state index contributed by atoms with van der Waals surface area (Å²) in [5.41, 5.74) is 1.64. The van der Waals surface area contributed by atoms with Crippen molar-refractivity contribution in [1.82, 2.24) is 10.2 Å². The van der Waals surface area contributed by atoms with Crippen LogP contribution in [0.1, 0.15) is 32.6 Å². The van der Waals surface area contributed by atoms with Crippen LogP contribution in [-0.4, -0.2) is 16.2 Å². The van der Waals surface area contributed by atoms with Crippen molar-refractivity contribution in [2.75, 3.05) is 0 Å². The normalized spacial score (nSPS) is 10.9. The molecule has 0 fully saturated rings. The quantitative estimate of drug-likeness (QED) is 0.683. The summed E-state index contributed by atoms with van der Waals surface area (Å²) in [6.45, 7) is 5.48.